The molecule has 0 aromatic heterocycles. The molecule has 2 fully saturated rings. The summed E-state index contributed by atoms with van der Waals surface area (Å²) in [4.78, 5) is 9.25. The van der Waals surface area contributed by atoms with E-state index in [1.165, 1.54) is 64.2 Å². The molecule has 2 aliphatic carbocycles. The average molecular weight is 212 g/mol. The lowest BCUT2D eigenvalue weighted by atomic mass is 10.4. The van der Waals surface area contributed by atoms with E-state index in [9.17, 15) is 4.79 Å². The number of hydrogen-bond donors (Lipinski definition) is 1. The largest absolute Gasteiger partial charge is 0.478 e. The lowest BCUT2D eigenvalue weighted by molar-refractivity contribution is -0.131. The molecule has 0 amide bonds. The number of carboxylic acids is 1. The standard InChI is InChI=1S/2C5H10.C3H4O2/c2*1-2-4-5-3-1;1-2-3(4)5/h2*1-5H2;2H,1H2,(H,4,5). The smallest absolute Gasteiger partial charge is 0.327 e. The van der Waals surface area contributed by atoms with Crippen LogP contribution in [0.4, 0.5) is 0 Å². The third-order valence-electron chi connectivity index (χ3n) is 2.67. The van der Waals surface area contributed by atoms with Crippen molar-refractivity contribution in [2.75, 3.05) is 0 Å². The fourth-order valence-electron chi connectivity index (χ4n) is 1.77. The minimum Gasteiger partial charge on any atom is -0.478 e. The Kier molecular flexibility index (Phi) is 10.7. The van der Waals surface area contributed by atoms with Crippen molar-refractivity contribution in [2.24, 2.45) is 0 Å². The van der Waals surface area contributed by atoms with Crippen molar-refractivity contribution in [1.29, 1.82) is 0 Å². The fraction of sp³-hybridized carbons (Fsp3) is 0.769. The van der Waals surface area contributed by atoms with Crippen LogP contribution in [-0.4, -0.2) is 11.1 Å². The quantitative estimate of drug-likeness (QED) is 0.663. The van der Waals surface area contributed by atoms with Gasteiger partial charge in [0.15, 0.2) is 0 Å². The Morgan fingerprint density at radius 2 is 0.933 bits per heavy atom. The van der Waals surface area contributed by atoms with Gasteiger partial charge in [-0.2, -0.15) is 0 Å². The molecule has 0 aromatic rings. The van der Waals surface area contributed by atoms with Gasteiger partial charge in [0.25, 0.3) is 0 Å². The molecule has 0 atom stereocenters. The van der Waals surface area contributed by atoms with Gasteiger partial charge in [-0.05, 0) is 0 Å². The summed E-state index contributed by atoms with van der Waals surface area (Å²) in [6, 6.07) is 0. The van der Waals surface area contributed by atoms with Gasteiger partial charge in [0, 0.05) is 6.08 Å². The number of carbonyl (C=O) groups is 1. The second kappa shape index (κ2) is 11.3. The predicted molar refractivity (Wildman–Crippen MR) is 64.0 cm³/mol. The van der Waals surface area contributed by atoms with E-state index in [0.717, 1.165) is 6.08 Å². The summed E-state index contributed by atoms with van der Waals surface area (Å²) in [6.07, 6.45) is 15.8. The van der Waals surface area contributed by atoms with Gasteiger partial charge in [0.2, 0.25) is 0 Å². The van der Waals surface area contributed by atoms with Crippen molar-refractivity contribution in [3.05, 3.63) is 12.7 Å². The monoisotopic (exact) mass is 212 g/mol. The molecule has 0 aliphatic heterocycles. The topological polar surface area (TPSA) is 37.3 Å². The third-order valence-corrected chi connectivity index (χ3v) is 2.67. The van der Waals surface area contributed by atoms with Crippen molar-refractivity contribution in [2.45, 2.75) is 64.2 Å². The van der Waals surface area contributed by atoms with E-state index >= 15 is 0 Å². The normalized spacial score (nSPS) is 18.1. The molecule has 2 heteroatoms. The van der Waals surface area contributed by atoms with Crippen molar-refractivity contribution >= 4 is 5.97 Å². The maximum absolute atomic E-state index is 9.25. The lowest BCUT2D eigenvalue weighted by Crippen LogP contribution is -1.82. The van der Waals surface area contributed by atoms with Crippen LogP contribution < -0.4 is 0 Å². The van der Waals surface area contributed by atoms with Gasteiger partial charge in [-0.3, -0.25) is 0 Å². The molecule has 15 heavy (non-hydrogen) atoms. The summed E-state index contributed by atoms with van der Waals surface area (Å²) in [6.45, 7) is 2.96. The van der Waals surface area contributed by atoms with Crippen LogP contribution >= 0.6 is 0 Å². The summed E-state index contributed by atoms with van der Waals surface area (Å²) in [5.41, 5.74) is 0. The molecule has 0 unspecified atom stereocenters. The van der Waals surface area contributed by atoms with E-state index in [4.69, 9.17) is 5.11 Å². The van der Waals surface area contributed by atoms with E-state index < -0.39 is 5.97 Å². The Morgan fingerprint density at radius 3 is 1.00 bits per heavy atom. The van der Waals surface area contributed by atoms with Crippen molar-refractivity contribution in [3.63, 3.8) is 0 Å². The molecule has 2 rings (SSSR count). The zero-order valence-corrected chi connectivity index (χ0v) is 9.71. The summed E-state index contributed by atoms with van der Waals surface area (Å²) in [7, 11) is 0. The molecule has 1 N–H and O–H groups in total. The first-order chi connectivity index (χ1) is 7.27. The second-order valence-electron chi connectivity index (χ2n) is 4.08. The molecule has 88 valence electrons. The van der Waals surface area contributed by atoms with E-state index in [2.05, 4.69) is 6.58 Å². The molecule has 0 radical (unpaired) electrons. The fourth-order valence-corrected chi connectivity index (χ4v) is 1.77. The average Bonchev–Trinajstić information content (AvgIpc) is 2.96. The van der Waals surface area contributed by atoms with Gasteiger partial charge in [0.1, 0.15) is 0 Å². The van der Waals surface area contributed by atoms with E-state index in [1.54, 1.807) is 0 Å². The van der Waals surface area contributed by atoms with Gasteiger partial charge in [0.05, 0.1) is 0 Å². The summed E-state index contributed by atoms with van der Waals surface area (Å²) in [5, 5.41) is 7.60. The Bertz CT molecular complexity index is 131. The van der Waals surface area contributed by atoms with Crippen molar-refractivity contribution in [3.8, 4) is 0 Å². The van der Waals surface area contributed by atoms with E-state index in [-0.39, 0.29) is 0 Å². The van der Waals surface area contributed by atoms with Gasteiger partial charge >= 0.3 is 5.97 Å². The Labute approximate surface area is 93.4 Å². The minimum absolute atomic E-state index is 0.833. The van der Waals surface area contributed by atoms with Crippen LogP contribution in [0.25, 0.3) is 0 Å². The zero-order chi connectivity index (χ0) is 11.4. The van der Waals surface area contributed by atoms with Crippen LogP contribution in [0.1, 0.15) is 64.2 Å². The number of carboxylic acid groups (broad SMARTS) is 1. The first kappa shape index (κ1) is 14.2. The molecular weight excluding hydrogens is 188 g/mol. The maximum Gasteiger partial charge on any atom is 0.327 e. The molecule has 0 spiro atoms. The molecule has 2 saturated carbocycles. The second-order valence-corrected chi connectivity index (χ2v) is 4.08. The summed E-state index contributed by atoms with van der Waals surface area (Å²) >= 11 is 0. The molecule has 0 saturated heterocycles. The van der Waals surface area contributed by atoms with Crippen LogP contribution in [-0.2, 0) is 4.79 Å². The van der Waals surface area contributed by atoms with Crippen molar-refractivity contribution in [1.82, 2.24) is 0 Å². The van der Waals surface area contributed by atoms with Crippen molar-refractivity contribution < 1.29 is 9.90 Å². The minimum atomic E-state index is -0.981. The summed E-state index contributed by atoms with van der Waals surface area (Å²) < 4.78 is 0. The Balaban J connectivity index is 0.000000196. The first-order valence-corrected chi connectivity index (χ1v) is 6.12. The van der Waals surface area contributed by atoms with Crippen LogP contribution in [0.2, 0.25) is 0 Å². The molecule has 0 bridgehead atoms. The van der Waals surface area contributed by atoms with Crippen LogP contribution in [0.15, 0.2) is 12.7 Å². The van der Waals surface area contributed by atoms with Gasteiger partial charge in [-0.25, -0.2) is 4.79 Å². The van der Waals surface area contributed by atoms with Crippen LogP contribution in [0, 0.1) is 0 Å². The van der Waals surface area contributed by atoms with E-state index in [1.807, 2.05) is 0 Å². The highest BCUT2D eigenvalue weighted by Gasteiger charge is 1.95. The third kappa shape index (κ3) is 13.2. The highest BCUT2D eigenvalue weighted by atomic mass is 16.4. The van der Waals surface area contributed by atoms with Gasteiger partial charge in [-0.15, -0.1) is 0 Å². The lowest BCUT2D eigenvalue weighted by Gasteiger charge is -1.67. The molecular formula is C13H24O2. The first-order valence-electron chi connectivity index (χ1n) is 6.12. The Hall–Kier alpha value is -0.790. The van der Waals surface area contributed by atoms with Gasteiger partial charge < -0.3 is 5.11 Å². The summed E-state index contributed by atoms with van der Waals surface area (Å²) in [5.74, 6) is -0.981. The Morgan fingerprint density at radius 1 is 0.800 bits per heavy atom. The molecule has 0 heterocycles. The zero-order valence-electron chi connectivity index (χ0n) is 9.71. The van der Waals surface area contributed by atoms with Crippen LogP contribution in [0.3, 0.4) is 0 Å². The number of aliphatic carboxylic acids is 1. The molecule has 2 aliphatic rings. The number of hydrogen-bond acceptors (Lipinski definition) is 1. The predicted octanol–water partition coefficient (Wildman–Crippen LogP) is 4.16. The van der Waals surface area contributed by atoms with E-state index in [0.29, 0.717) is 0 Å². The van der Waals surface area contributed by atoms with Crippen LogP contribution in [0.5, 0.6) is 0 Å². The SMILES string of the molecule is C1CCCC1.C1CCCC1.C=CC(=O)O. The van der Waals surface area contributed by atoms with Gasteiger partial charge in [-0.1, -0.05) is 70.8 Å². The maximum atomic E-state index is 9.25. The highest BCUT2D eigenvalue weighted by Crippen LogP contribution is 2.15. The molecule has 0 aromatic carbocycles. The molecule has 2 nitrogen and oxygen atoms in total. The highest BCUT2D eigenvalue weighted by molar-refractivity contribution is 5.78. The number of rotatable bonds is 1.